The Labute approximate surface area is 131 Å². The first-order valence-electron chi connectivity index (χ1n) is 6.43. The van der Waals surface area contributed by atoms with Gasteiger partial charge in [0.05, 0.1) is 0 Å². The monoisotopic (exact) mass is 316 g/mol. The number of nitrogens with two attached hydrogens (primary N) is 1. The molecule has 21 heavy (non-hydrogen) atoms. The van der Waals surface area contributed by atoms with E-state index in [9.17, 15) is 4.79 Å². The van der Waals surface area contributed by atoms with Crippen LogP contribution >= 0.6 is 22.9 Å². The number of nitrogens with one attached hydrogen (secondary N) is 1. The largest absolute Gasteiger partial charge is 0.370 e. The van der Waals surface area contributed by atoms with Crippen molar-refractivity contribution in [2.45, 2.75) is 6.04 Å². The Balaban J connectivity index is 2.00. The quantitative estimate of drug-likeness (QED) is 0.758. The van der Waals surface area contributed by atoms with E-state index in [-0.39, 0.29) is 0 Å². The number of primary amides is 1. The Morgan fingerprint density at radius 3 is 2.76 bits per heavy atom. The number of hydrogen-bond donors (Lipinski definition) is 2. The zero-order valence-corrected chi connectivity index (χ0v) is 12.6. The maximum absolute atomic E-state index is 11.9. The van der Waals surface area contributed by atoms with Crippen molar-refractivity contribution in [3.05, 3.63) is 64.5 Å². The summed E-state index contributed by atoms with van der Waals surface area (Å²) >= 11 is 7.57. The molecule has 0 bridgehead atoms. The summed E-state index contributed by atoms with van der Waals surface area (Å²) in [5, 5.41) is 6.78. The van der Waals surface area contributed by atoms with E-state index in [0.717, 1.165) is 21.3 Å². The van der Waals surface area contributed by atoms with Crippen molar-refractivity contribution in [2.75, 3.05) is 5.32 Å². The summed E-state index contributed by atoms with van der Waals surface area (Å²) in [5.41, 5.74) is 7.23. The summed E-state index contributed by atoms with van der Waals surface area (Å²) in [6, 6.07) is 14.6. The minimum absolute atomic E-state index is 0.418. The van der Waals surface area contributed by atoms with Gasteiger partial charge in [0.15, 0.2) is 0 Å². The molecule has 2 aromatic carbocycles. The molecule has 1 aromatic heterocycles. The molecule has 0 saturated carbocycles. The number of anilines is 1. The van der Waals surface area contributed by atoms with Gasteiger partial charge >= 0.3 is 0 Å². The van der Waals surface area contributed by atoms with Gasteiger partial charge in [-0.1, -0.05) is 35.9 Å². The molecule has 0 aliphatic rings. The molecule has 0 saturated heterocycles. The van der Waals surface area contributed by atoms with Gasteiger partial charge in [0, 0.05) is 21.0 Å². The van der Waals surface area contributed by atoms with Gasteiger partial charge in [-0.05, 0) is 35.0 Å². The van der Waals surface area contributed by atoms with Gasteiger partial charge in [-0.2, -0.15) is 0 Å². The van der Waals surface area contributed by atoms with Crippen molar-refractivity contribution in [1.82, 2.24) is 0 Å². The average Bonchev–Trinajstić information content (AvgIpc) is 2.88. The summed E-state index contributed by atoms with van der Waals surface area (Å²) in [7, 11) is 0. The average molecular weight is 317 g/mol. The minimum Gasteiger partial charge on any atom is -0.370 e. The van der Waals surface area contributed by atoms with Crippen LogP contribution in [0.25, 0.3) is 10.1 Å². The molecule has 106 valence electrons. The van der Waals surface area contributed by atoms with Gasteiger partial charge in [-0.15, -0.1) is 11.3 Å². The lowest BCUT2D eigenvalue weighted by atomic mass is 10.0. The van der Waals surface area contributed by atoms with Crippen LogP contribution in [0.2, 0.25) is 5.02 Å². The fraction of sp³-hybridized carbons (Fsp3) is 0.0625. The van der Waals surface area contributed by atoms with Crippen molar-refractivity contribution >= 4 is 44.6 Å². The molecule has 1 unspecified atom stereocenters. The summed E-state index contributed by atoms with van der Waals surface area (Å²) in [6.07, 6.45) is 0. The van der Waals surface area contributed by atoms with Crippen molar-refractivity contribution in [3.8, 4) is 0 Å². The molecule has 0 fully saturated rings. The fourth-order valence-corrected chi connectivity index (χ4v) is 3.45. The number of rotatable bonds is 4. The highest BCUT2D eigenvalue weighted by atomic mass is 35.5. The fourth-order valence-electron chi connectivity index (χ4n) is 2.27. The molecular weight excluding hydrogens is 304 g/mol. The van der Waals surface area contributed by atoms with Crippen LogP contribution in [0.1, 0.15) is 11.6 Å². The van der Waals surface area contributed by atoms with Crippen molar-refractivity contribution in [2.24, 2.45) is 5.73 Å². The minimum atomic E-state index is -0.584. The predicted molar refractivity (Wildman–Crippen MR) is 88.8 cm³/mol. The molecular formula is C16H13ClN2OS. The van der Waals surface area contributed by atoms with Crippen LogP contribution in [0, 0.1) is 0 Å². The van der Waals surface area contributed by atoms with E-state index < -0.39 is 11.9 Å². The van der Waals surface area contributed by atoms with Crippen LogP contribution in [0.15, 0.2) is 53.9 Å². The van der Waals surface area contributed by atoms with E-state index in [0.29, 0.717) is 5.02 Å². The van der Waals surface area contributed by atoms with E-state index >= 15 is 0 Å². The highest BCUT2D eigenvalue weighted by Crippen LogP contribution is 2.32. The second-order valence-corrected chi connectivity index (χ2v) is 6.02. The zero-order chi connectivity index (χ0) is 14.8. The van der Waals surface area contributed by atoms with Crippen LogP contribution in [-0.4, -0.2) is 5.91 Å². The maximum Gasteiger partial charge on any atom is 0.244 e. The van der Waals surface area contributed by atoms with Crippen LogP contribution < -0.4 is 11.1 Å². The number of benzene rings is 2. The molecule has 3 nitrogen and oxygen atoms in total. The zero-order valence-electron chi connectivity index (χ0n) is 11.0. The lowest BCUT2D eigenvalue weighted by Crippen LogP contribution is -2.27. The molecule has 5 heteroatoms. The van der Waals surface area contributed by atoms with Gasteiger partial charge in [0.1, 0.15) is 6.04 Å². The highest BCUT2D eigenvalue weighted by Gasteiger charge is 2.21. The Morgan fingerprint density at radius 1 is 1.19 bits per heavy atom. The van der Waals surface area contributed by atoms with Gasteiger partial charge in [-0.3, -0.25) is 4.79 Å². The molecule has 0 aliphatic heterocycles. The first-order chi connectivity index (χ1) is 10.1. The topological polar surface area (TPSA) is 55.1 Å². The SMILES string of the molecule is NC(=O)C(Nc1cccc(Cl)c1)c1csc2ccccc12. The number of carbonyl (C=O) groups is 1. The van der Waals surface area contributed by atoms with Gasteiger partial charge in [0.25, 0.3) is 0 Å². The van der Waals surface area contributed by atoms with E-state index in [1.54, 1.807) is 23.5 Å². The molecule has 3 N–H and O–H groups in total. The Kier molecular flexibility index (Phi) is 3.82. The Hall–Kier alpha value is -2.04. The van der Waals surface area contributed by atoms with Crippen LogP contribution in [0.5, 0.6) is 0 Å². The number of fused-ring (bicyclic) bond motifs is 1. The van der Waals surface area contributed by atoms with Crippen LogP contribution in [-0.2, 0) is 4.79 Å². The molecule has 3 aromatic rings. The van der Waals surface area contributed by atoms with E-state index in [1.165, 1.54) is 0 Å². The number of thiophene rings is 1. The van der Waals surface area contributed by atoms with Gasteiger partial charge in [-0.25, -0.2) is 0 Å². The van der Waals surface area contributed by atoms with Gasteiger partial charge < -0.3 is 11.1 Å². The van der Waals surface area contributed by atoms with E-state index in [1.807, 2.05) is 41.8 Å². The highest BCUT2D eigenvalue weighted by molar-refractivity contribution is 7.17. The molecule has 1 atom stereocenters. The van der Waals surface area contributed by atoms with Crippen molar-refractivity contribution < 1.29 is 4.79 Å². The third-order valence-electron chi connectivity index (χ3n) is 3.24. The normalized spacial score (nSPS) is 12.2. The van der Waals surface area contributed by atoms with Crippen LogP contribution in [0.3, 0.4) is 0 Å². The first-order valence-corrected chi connectivity index (χ1v) is 7.68. The predicted octanol–water partition coefficient (Wildman–Crippen LogP) is 4.19. The third kappa shape index (κ3) is 2.86. The van der Waals surface area contributed by atoms with Crippen molar-refractivity contribution in [3.63, 3.8) is 0 Å². The second kappa shape index (κ2) is 5.76. The summed E-state index contributed by atoms with van der Waals surface area (Å²) in [6.45, 7) is 0. The van der Waals surface area contributed by atoms with E-state index in [2.05, 4.69) is 5.32 Å². The standard InChI is InChI=1S/C16H13ClN2OS/c17-10-4-3-5-11(8-10)19-15(16(18)20)13-9-21-14-7-2-1-6-12(13)14/h1-9,15,19H,(H2,18,20). The molecule has 0 radical (unpaired) electrons. The smallest absolute Gasteiger partial charge is 0.244 e. The maximum atomic E-state index is 11.9. The summed E-state index contributed by atoms with van der Waals surface area (Å²) in [4.78, 5) is 11.9. The number of carbonyl (C=O) groups excluding carboxylic acids is 1. The molecule has 0 spiro atoms. The van der Waals surface area contributed by atoms with Gasteiger partial charge in [0.2, 0.25) is 5.91 Å². The first kappa shape index (κ1) is 13.9. The number of hydrogen-bond acceptors (Lipinski definition) is 3. The molecule has 0 aliphatic carbocycles. The van der Waals surface area contributed by atoms with Crippen molar-refractivity contribution in [1.29, 1.82) is 0 Å². The number of halogens is 1. The third-order valence-corrected chi connectivity index (χ3v) is 4.46. The molecule has 1 heterocycles. The lowest BCUT2D eigenvalue weighted by molar-refractivity contribution is -0.118. The molecule has 1 amide bonds. The Morgan fingerprint density at radius 2 is 2.00 bits per heavy atom. The van der Waals surface area contributed by atoms with Crippen LogP contribution in [0.4, 0.5) is 5.69 Å². The summed E-state index contributed by atoms with van der Waals surface area (Å²) in [5.74, 6) is -0.418. The summed E-state index contributed by atoms with van der Waals surface area (Å²) < 4.78 is 1.13. The van der Waals surface area contributed by atoms with E-state index in [4.69, 9.17) is 17.3 Å². The number of amides is 1. The Bertz CT molecular complexity index is 800. The second-order valence-electron chi connectivity index (χ2n) is 4.68. The lowest BCUT2D eigenvalue weighted by Gasteiger charge is -2.16. The molecule has 3 rings (SSSR count).